The number of rotatable bonds is 5. The van der Waals surface area contributed by atoms with Crippen molar-refractivity contribution in [2.24, 2.45) is 5.73 Å². The monoisotopic (exact) mass is 349 g/mol. The molecule has 0 bridgehead atoms. The van der Waals surface area contributed by atoms with Gasteiger partial charge in [-0.05, 0) is 29.8 Å². The molecule has 0 aliphatic rings. The molecule has 0 saturated heterocycles. The van der Waals surface area contributed by atoms with E-state index in [-0.39, 0.29) is 5.69 Å². The fourth-order valence-electron chi connectivity index (χ4n) is 1.73. The highest BCUT2D eigenvalue weighted by Crippen LogP contribution is 2.21. The Morgan fingerprint density at radius 1 is 1.29 bits per heavy atom. The zero-order valence-corrected chi connectivity index (χ0v) is 12.4. The summed E-state index contributed by atoms with van der Waals surface area (Å²) in [6, 6.07) is 8.25. The van der Waals surface area contributed by atoms with Crippen molar-refractivity contribution in [1.29, 1.82) is 0 Å². The maximum atomic E-state index is 11.4. The number of nitrogens with zero attached hydrogens (tertiary/aromatic N) is 1. The zero-order valence-electron chi connectivity index (χ0n) is 10.8. The summed E-state index contributed by atoms with van der Waals surface area (Å²) >= 11 is 3.28. The number of carboxylic acids is 1. The van der Waals surface area contributed by atoms with Gasteiger partial charge in [0.2, 0.25) is 0 Å². The molecule has 21 heavy (non-hydrogen) atoms. The van der Waals surface area contributed by atoms with E-state index < -0.39 is 11.9 Å². The van der Waals surface area contributed by atoms with Gasteiger partial charge in [-0.3, -0.25) is 4.79 Å². The molecule has 0 saturated carbocycles. The van der Waals surface area contributed by atoms with Gasteiger partial charge in [0, 0.05) is 22.9 Å². The lowest BCUT2D eigenvalue weighted by Gasteiger charge is -2.10. The SMILES string of the molecule is NC(=O)c1cc(Br)ccc1NCc1ccc(C(=O)O)nc1. The van der Waals surface area contributed by atoms with E-state index in [2.05, 4.69) is 26.2 Å². The second-order valence-electron chi connectivity index (χ2n) is 4.26. The molecule has 0 spiro atoms. The Labute approximate surface area is 129 Å². The lowest BCUT2D eigenvalue weighted by molar-refractivity contribution is 0.0690. The number of nitrogens with two attached hydrogens (primary N) is 1. The van der Waals surface area contributed by atoms with Crippen LogP contribution in [0.15, 0.2) is 41.0 Å². The molecule has 1 amide bonds. The number of carbonyl (C=O) groups excluding carboxylic acids is 1. The van der Waals surface area contributed by atoms with Crippen LogP contribution in [0.3, 0.4) is 0 Å². The van der Waals surface area contributed by atoms with Crippen LogP contribution < -0.4 is 11.1 Å². The molecule has 2 rings (SSSR count). The van der Waals surface area contributed by atoms with Gasteiger partial charge in [-0.15, -0.1) is 0 Å². The van der Waals surface area contributed by atoms with E-state index in [1.807, 2.05) is 0 Å². The number of pyridine rings is 1. The summed E-state index contributed by atoms with van der Waals surface area (Å²) in [6.07, 6.45) is 1.47. The van der Waals surface area contributed by atoms with Crippen LogP contribution in [0.25, 0.3) is 0 Å². The van der Waals surface area contributed by atoms with E-state index in [0.717, 1.165) is 10.0 Å². The van der Waals surface area contributed by atoms with Gasteiger partial charge in [0.1, 0.15) is 5.69 Å². The molecule has 0 atom stereocenters. The summed E-state index contributed by atoms with van der Waals surface area (Å²) in [5, 5.41) is 11.9. The highest BCUT2D eigenvalue weighted by molar-refractivity contribution is 9.10. The largest absolute Gasteiger partial charge is 0.477 e. The van der Waals surface area contributed by atoms with Crippen molar-refractivity contribution < 1.29 is 14.7 Å². The fourth-order valence-corrected chi connectivity index (χ4v) is 2.09. The van der Waals surface area contributed by atoms with E-state index in [9.17, 15) is 9.59 Å². The molecule has 1 aromatic carbocycles. The van der Waals surface area contributed by atoms with Crippen molar-refractivity contribution in [2.45, 2.75) is 6.54 Å². The van der Waals surface area contributed by atoms with Gasteiger partial charge in [-0.2, -0.15) is 0 Å². The van der Waals surface area contributed by atoms with Gasteiger partial charge in [-0.1, -0.05) is 22.0 Å². The Hall–Kier alpha value is -2.41. The average molecular weight is 350 g/mol. The Morgan fingerprint density at radius 3 is 2.62 bits per heavy atom. The number of hydrogen-bond donors (Lipinski definition) is 3. The highest BCUT2D eigenvalue weighted by Gasteiger charge is 2.09. The first-order valence-electron chi connectivity index (χ1n) is 5.99. The summed E-state index contributed by atoms with van der Waals surface area (Å²) < 4.78 is 0.759. The molecular formula is C14H12BrN3O3. The number of aromatic carboxylic acids is 1. The Morgan fingerprint density at radius 2 is 2.05 bits per heavy atom. The average Bonchev–Trinajstić information content (AvgIpc) is 2.46. The number of amides is 1. The number of hydrogen-bond acceptors (Lipinski definition) is 4. The first kappa shape index (κ1) is 15.0. The molecule has 6 nitrogen and oxygen atoms in total. The van der Waals surface area contributed by atoms with Gasteiger partial charge >= 0.3 is 5.97 Å². The molecule has 7 heteroatoms. The van der Waals surface area contributed by atoms with Gasteiger partial charge in [0.05, 0.1) is 5.56 Å². The number of halogens is 1. The van der Waals surface area contributed by atoms with Crippen molar-refractivity contribution in [2.75, 3.05) is 5.32 Å². The molecule has 0 aliphatic carbocycles. The topological polar surface area (TPSA) is 105 Å². The van der Waals surface area contributed by atoms with Crippen LogP contribution >= 0.6 is 15.9 Å². The zero-order chi connectivity index (χ0) is 15.4. The van der Waals surface area contributed by atoms with Crippen molar-refractivity contribution in [3.05, 3.63) is 57.8 Å². The van der Waals surface area contributed by atoms with Crippen molar-refractivity contribution >= 4 is 33.5 Å². The second kappa shape index (κ2) is 6.36. The Balaban J connectivity index is 2.13. The van der Waals surface area contributed by atoms with Crippen LogP contribution in [0, 0.1) is 0 Å². The van der Waals surface area contributed by atoms with E-state index in [1.54, 1.807) is 24.3 Å². The van der Waals surface area contributed by atoms with Gasteiger partial charge in [-0.25, -0.2) is 9.78 Å². The molecule has 108 valence electrons. The summed E-state index contributed by atoms with van der Waals surface area (Å²) in [4.78, 5) is 25.9. The van der Waals surface area contributed by atoms with Crippen LogP contribution in [0.2, 0.25) is 0 Å². The molecule has 0 fully saturated rings. The van der Waals surface area contributed by atoms with Crippen molar-refractivity contribution in [3.8, 4) is 0 Å². The number of anilines is 1. The lowest BCUT2D eigenvalue weighted by atomic mass is 10.1. The van der Waals surface area contributed by atoms with Crippen molar-refractivity contribution in [1.82, 2.24) is 4.98 Å². The summed E-state index contributed by atoms with van der Waals surface area (Å²) in [5.74, 6) is -1.60. The van der Waals surface area contributed by atoms with Gasteiger partial charge in [0.15, 0.2) is 0 Å². The number of carbonyl (C=O) groups is 2. The minimum atomic E-state index is -1.07. The van der Waals surface area contributed by atoms with E-state index in [0.29, 0.717) is 17.8 Å². The lowest BCUT2D eigenvalue weighted by Crippen LogP contribution is -2.14. The number of primary amides is 1. The third-order valence-corrected chi connectivity index (χ3v) is 3.27. The molecule has 1 aromatic heterocycles. The Bertz CT molecular complexity index is 686. The van der Waals surface area contributed by atoms with E-state index >= 15 is 0 Å². The van der Waals surface area contributed by atoms with Crippen molar-refractivity contribution in [3.63, 3.8) is 0 Å². The second-order valence-corrected chi connectivity index (χ2v) is 5.18. The maximum absolute atomic E-state index is 11.4. The first-order chi connectivity index (χ1) is 9.97. The van der Waals surface area contributed by atoms with Crippen LogP contribution in [0.5, 0.6) is 0 Å². The fraction of sp³-hybridized carbons (Fsp3) is 0.0714. The van der Waals surface area contributed by atoms with E-state index in [4.69, 9.17) is 10.8 Å². The molecule has 1 heterocycles. The number of benzene rings is 1. The third kappa shape index (κ3) is 3.79. The molecular weight excluding hydrogens is 338 g/mol. The molecule has 2 aromatic rings. The minimum Gasteiger partial charge on any atom is -0.477 e. The minimum absolute atomic E-state index is 0.0137. The highest BCUT2D eigenvalue weighted by atomic mass is 79.9. The maximum Gasteiger partial charge on any atom is 0.354 e. The predicted octanol–water partition coefficient (Wildman–Crippen LogP) is 2.25. The molecule has 0 aliphatic heterocycles. The molecule has 0 unspecified atom stereocenters. The van der Waals surface area contributed by atoms with Crippen LogP contribution in [-0.4, -0.2) is 22.0 Å². The summed E-state index contributed by atoms with van der Waals surface area (Å²) in [5.41, 5.74) is 7.08. The smallest absolute Gasteiger partial charge is 0.354 e. The number of carboxylic acid groups (broad SMARTS) is 1. The predicted molar refractivity (Wildman–Crippen MR) is 81.2 cm³/mol. The summed E-state index contributed by atoms with van der Waals surface area (Å²) in [7, 11) is 0. The third-order valence-electron chi connectivity index (χ3n) is 2.77. The quantitative estimate of drug-likeness (QED) is 0.767. The number of aromatic nitrogens is 1. The van der Waals surface area contributed by atoms with E-state index in [1.165, 1.54) is 12.3 Å². The Kier molecular flexibility index (Phi) is 4.54. The van der Waals surface area contributed by atoms with Crippen LogP contribution in [0.4, 0.5) is 5.69 Å². The number of nitrogens with one attached hydrogen (secondary N) is 1. The molecule has 4 N–H and O–H groups in total. The van der Waals surface area contributed by atoms with Gasteiger partial charge < -0.3 is 16.2 Å². The standard InChI is InChI=1S/C14H12BrN3O3/c15-9-2-4-11(10(5-9)13(16)19)17-6-8-1-3-12(14(20)21)18-7-8/h1-5,7,17H,6H2,(H2,16,19)(H,20,21). The first-order valence-corrected chi connectivity index (χ1v) is 6.78. The van der Waals surface area contributed by atoms with Gasteiger partial charge in [0.25, 0.3) is 5.91 Å². The molecule has 0 radical (unpaired) electrons. The van der Waals surface area contributed by atoms with Crippen LogP contribution in [0.1, 0.15) is 26.4 Å². The van der Waals surface area contributed by atoms with Crippen LogP contribution in [-0.2, 0) is 6.54 Å². The summed E-state index contributed by atoms with van der Waals surface area (Å²) in [6.45, 7) is 0.398. The normalized spacial score (nSPS) is 10.1.